The van der Waals surface area contributed by atoms with Crippen LogP contribution in [0.15, 0.2) is 42.5 Å². The third-order valence-electron chi connectivity index (χ3n) is 4.78. The highest BCUT2D eigenvalue weighted by Gasteiger charge is 2.29. The number of halogens is 1. The molecule has 0 saturated carbocycles. The second-order valence-corrected chi connectivity index (χ2v) is 7.74. The number of nitrogens with two attached hydrogens (primary N) is 2. The summed E-state index contributed by atoms with van der Waals surface area (Å²) in [7, 11) is 2.88. The topological polar surface area (TPSA) is 150 Å². The molecule has 1 aromatic heterocycles. The third-order valence-corrected chi connectivity index (χ3v) is 5.63. The normalized spacial score (nSPS) is 10.4. The average molecular weight is 488 g/mol. The summed E-state index contributed by atoms with van der Waals surface area (Å²) in [6.45, 7) is -0.290. The molecule has 0 aliphatic carbocycles. The van der Waals surface area contributed by atoms with Crippen molar-refractivity contribution in [2.75, 3.05) is 31.4 Å². The van der Waals surface area contributed by atoms with Gasteiger partial charge < -0.3 is 26.3 Å². The summed E-state index contributed by atoms with van der Waals surface area (Å²) in [5, 5.41) is 2.68. The fourth-order valence-electron chi connectivity index (χ4n) is 3.03. The van der Waals surface area contributed by atoms with Gasteiger partial charge in [0.05, 0.1) is 25.6 Å². The van der Waals surface area contributed by atoms with Crippen molar-refractivity contribution >= 4 is 40.6 Å². The molecule has 0 atom stereocenters. The number of hydrogen-bond donors (Lipinski definition) is 3. The van der Waals surface area contributed by atoms with Gasteiger partial charge in [0.2, 0.25) is 5.91 Å². The SMILES string of the molecule is COc1ccc(N(CC(=O)NCc2ccc(F)cc2)C(=O)c2snc(C(N)=O)c2N)c(OC)c1. The quantitative estimate of drug-likeness (QED) is 0.417. The van der Waals surface area contributed by atoms with Crippen molar-refractivity contribution in [3.05, 3.63) is 64.4 Å². The standard InChI is InChI=1S/C22H22FN5O5S/c1-32-14-7-8-15(16(9-14)33-2)28(22(31)20-18(24)19(21(25)30)27-34-20)11-17(29)26-10-12-3-5-13(23)6-4-12/h3-9H,10-11,24H2,1-2H3,(H2,25,30)(H,26,29). The van der Waals surface area contributed by atoms with E-state index in [-0.39, 0.29) is 34.2 Å². The van der Waals surface area contributed by atoms with Crippen LogP contribution >= 0.6 is 11.5 Å². The van der Waals surface area contributed by atoms with Crippen molar-refractivity contribution in [1.82, 2.24) is 9.69 Å². The molecule has 0 aliphatic heterocycles. The number of nitrogens with one attached hydrogen (secondary N) is 1. The van der Waals surface area contributed by atoms with E-state index in [2.05, 4.69) is 9.69 Å². The van der Waals surface area contributed by atoms with E-state index in [1.807, 2.05) is 0 Å². The van der Waals surface area contributed by atoms with Crippen LogP contribution in [0.2, 0.25) is 0 Å². The maximum Gasteiger partial charge on any atom is 0.272 e. The van der Waals surface area contributed by atoms with Crippen LogP contribution in [0, 0.1) is 5.82 Å². The van der Waals surface area contributed by atoms with Gasteiger partial charge >= 0.3 is 0 Å². The van der Waals surface area contributed by atoms with E-state index >= 15 is 0 Å². The molecule has 12 heteroatoms. The first-order chi connectivity index (χ1) is 16.2. The molecule has 10 nitrogen and oxygen atoms in total. The zero-order valence-electron chi connectivity index (χ0n) is 18.3. The minimum Gasteiger partial charge on any atom is -0.497 e. The lowest BCUT2D eigenvalue weighted by Crippen LogP contribution is -2.41. The van der Waals surface area contributed by atoms with Gasteiger partial charge in [0, 0.05) is 12.6 Å². The second-order valence-electron chi connectivity index (χ2n) is 6.97. The predicted octanol–water partition coefficient (Wildman–Crippen LogP) is 1.94. The lowest BCUT2D eigenvalue weighted by molar-refractivity contribution is -0.119. The van der Waals surface area contributed by atoms with Crippen molar-refractivity contribution in [2.45, 2.75) is 6.54 Å². The summed E-state index contributed by atoms with van der Waals surface area (Å²) < 4.78 is 27.6. The second kappa shape index (κ2) is 10.6. The maximum atomic E-state index is 13.4. The van der Waals surface area contributed by atoms with Crippen molar-refractivity contribution in [3.8, 4) is 11.5 Å². The van der Waals surface area contributed by atoms with Crippen LogP contribution in [0.25, 0.3) is 0 Å². The Morgan fingerprint density at radius 3 is 2.41 bits per heavy atom. The molecule has 0 aliphatic rings. The number of carbonyl (C=O) groups excluding carboxylic acids is 3. The number of carbonyl (C=O) groups is 3. The van der Waals surface area contributed by atoms with Gasteiger partial charge in [-0.05, 0) is 41.4 Å². The number of ether oxygens (including phenoxy) is 2. The predicted molar refractivity (Wildman–Crippen MR) is 125 cm³/mol. The first-order valence-electron chi connectivity index (χ1n) is 9.85. The summed E-state index contributed by atoms with van der Waals surface area (Å²) in [6, 6.07) is 10.3. The summed E-state index contributed by atoms with van der Waals surface area (Å²) in [5.41, 5.74) is 11.7. The zero-order chi connectivity index (χ0) is 24.8. The molecule has 0 unspecified atom stereocenters. The Bertz CT molecular complexity index is 1210. The van der Waals surface area contributed by atoms with Gasteiger partial charge in [-0.15, -0.1) is 0 Å². The highest BCUT2D eigenvalue weighted by molar-refractivity contribution is 7.09. The Labute approximate surface area is 198 Å². The Hall–Kier alpha value is -4.19. The monoisotopic (exact) mass is 487 g/mol. The number of nitrogens with zero attached hydrogens (tertiary/aromatic N) is 2. The molecule has 3 aromatic rings. The first kappa shape index (κ1) is 24.5. The summed E-state index contributed by atoms with van der Waals surface area (Å²) in [4.78, 5) is 38.8. The van der Waals surface area contributed by atoms with Crippen LogP contribution in [0.5, 0.6) is 11.5 Å². The highest BCUT2D eigenvalue weighted by atomic mass is 32.1. The number of primary amides is 1. The molecule has 3 rings (SSSR count). The number of rotatable bonds is 9. The summed E-state index contributed by atoms with van der Waals surface area (Å²) in [6.07, 6.45) is 0. The first-order valence-corrected chi connectivity index (χ1v) is 10.6. The molecule has 0 bridgehead atoms. The van der Waals surface area contributed by atoms with Gasteiger partial charge in [-0.2, -0.15) is 4.37 Å². The van der Waals surface area contributed by atoms with Crippen molar-refractivity contribution < 1.29 is 28.2 Å². The van der Waals surface area contributed by atoms with Crippen LogP contribution in [0.3, 0.4) is 0 Å². The molecular weight excluding hydrogens is 465 g/mol. The highest BCUT2D eigenvalue weighted by Crippen LogP contribution is 2.34. The maximum absolute atomic E-state index is 13.4. The van der Waals surface area contributed by atoms with E-state index in [1.165, 1.54) is 38.5 Å². The number of anilines is 2. The molecule has 5 N–H and O–H groups in total. The molecule has 178 valence electrons. The van der Waals surface area contributed by atoms with Gasteiger partial charge in [0.1, 0.15) is 28.7 Å². The average Bonchev–Trinajstić information content (AvgIpc) is 3.23. The number of hydrogen-bond acceptors (Lipinski definition) is 8. The van der Waals surface area contributed by atoms with Crippen LogP contribution in [0.1, 0.15) is 25.7 Å². The molecule has 0 radical (unpaired) electrons. The lowest BCUT2D eigenvalue weighted by atomic mass is 10.2. The fourth-order valence-corrected chi connectivity index (χ4v) is 3.78. The van der Waals surface area contributed by atoms with Crippen LogP contribution in [-0.4, -0.2) is 42.9 Å². The lowest BCUT2D eigenvalue weighted by Gasteiger charge is -2.24. The molecule has 0 saturated heterocycles. The van der Waals surface area contributed by atoms with E-state index in [9.17, 15) is 18.8 Å². The van der Waals surface area contributed by atoms with Crippen LogP contribution in [-0.2, 0) is 11.3 Å². The summed E-state index contributed by atoms with van der Waals surface area (Å²) in [5.74, 6) is -1.72. The van der Waals surface area contributed by atoms with E-state index < -0.39 is 30.1 Å². The molecule has 3 amide bonds. The van der Waals surface area contributed by atoms with E-state index in [4.69, 9.17) is 20.9 Å². The summed E-state index contributed by atoms with van der Waals surface area (Å²) >= 11 is 0.696. The minimum absolute atomic E-state index is 0.0574. The largest absolute Gasteiger partial charge is 0.497 e. The van der Waals surface area contributed by atoms with E-state index in [1.54, 1.807) is 18.2 Å². The Morgan fingerprint density at radius 2 is 1.82 bits per heavy atom. The molecule has 1 heterocycles. The van der Waals surface area contributed by atoms with Crippen LogP contribution in [0.4, 0.5) is 15.8 Å². The van der Waals surface area contributed by atoms with E-state index in [0.29, 0.717) is 22.8 Å². The fraction of sp³-hybridized carbons (Fsp3) is 0.182. The zero-order valence-corrected chi connectivity index (χ0v) is 19.1. The molecular formula is C22H22FN5O5S. The molecule has 0 fully saturated rings. The van der Waals surface area contributed by atoms with Gasteiger partial charge in [-0.1, -0.05) is 12.1 Å². The molecule has 34 heavy (non-hydrogen) atoms. The molecule has 2 aromatic carbocycles. The van der Waals surface area contributed by atoms with Gasteiger partial charge in [0.25, 0.3) is 11.8 Å². The van der Waals surface area contributed by atoms with Gasteiger partial charge in [-0.25, -0.2) is 4.39 Å². The van der Waals surface area contributed by atoms with E-state index in [0.717, 1.165) is 4.90 Å². The minimum atomic E-state index is -0.876. The number of benzene rings is 2. The number of aromatic nitrogens is 1. The molecule has 0 spiro atoms. The number of methoxy groups -OCH3 is 2. The van der Waals surface area contributed by atoms with Gasteiger partial charge in [0.15, 0.2) is 5.69 Å². The third kappa shape index (κ3) is 5.41. The Balaban J connectivity index is 1.92. The Kier molecular flexibility index (Phi) is 7.64. The van der Waals surface area contributed by atoms with Crippen molar-refractivity contribution in [1.29, 1.82) is 0 Å². The number of amides is 3. The van der Waals surface area contributed by atoms with Crippen LogP contribution < -0.4 is 31.2 Å². The Morgan fingerprint density at radius 1 is 1.12 bits per heavy atom. The smallest absolute Gasteiger partial charge is 0.272 e. The van der Waals surface area contributed by atoms with Crippen molar-refractivity contribution in [3.63, 3.8) is 0 Å². The number of nitrogen functional groups attached to an aromatic ring is 1. The van der Waals surface area contributed by atoms with Gasteiger partial charge in [-0.3, -0.25) is 19.3 Å². The van der Waals surface area contributed by atoms with Crippen molar-refractivity contribution in [2.24, 2.45) is 5.73 Å².